The molecule has 0 radical (unpaired) electrons. The van der Waals surface area contributed by atoms with Gasteiger partial charge in [-0.1, -0.05) is 13.8 Å². The summed E-state index contributed by atoms with van der Waals surface area (Å²) < 4.78 is 6.01. The summed E-state index contributed by atoms with van der Waals surface area (Å²) in [6, 6.07) is 0.458. The lowest BCUT2D eigenvalue weighted by atomic mass is 9.80. The first-order valence-corrected chi connectivity index (χ1v) is 9.29. The monoisotopic (exact) mass is 308 g/mol. The van der Waals surface area contributed by atoms with Crippen molar-refractivity contribution in [3.63, 3.8) is 0 Å². The summed E-state index contributed by atoms with van der Waals surface area (Å²) in [5.74, 6) is 0.831. The molecule has 2 aliphatic rings. The molecule has 0 saturated heterocycles. The summed E-state index contributed by atoms with van der Waals surface area (Å²) >= 11 is 1.92. The van der Waals surface area contributed by atoms with E-state index in [2.05, 4.69) is 19.2 Å². The molecule has 1 atom stereocenters. The van der Waals surface area contributed by atoms with Gasteiger partial charge in [0.1, 0.15) is 10.6 Å². The lowest BCUT2D eigenvalue weighted by Gasteiger charge is -2.36. The van der Waals surface area contributed by atoms with Gasteiger partial charge in [0, 0.05) is 12.0 Å². The van der Waals surface area contributed by atoms with Crippen LogP contribution in [-0.2, 0) is 16.8 Å². The van der Waals surface area contributed by atoms with Gasteiger partial charge in [0.25, 0.3) is 0 Å². The minimum Gasteiger partial charge on any atom is -0.371 e. The maximum Gasteiger partial charge on any atom is 0.125 e. The molecule has 1 aromatic rings. The fourth-order valence-corrected chi connectivity index (χ4v) is 5.18. The van der Waals surface area contributed by atoms with Gasteiger partial charge < -0.3 is 10.1 Å². The van der Waals surface area contributed by atoms with Crippen molar-refractivity contribution in [1.29, 1.82) is 0 Å². The summed E-state index contributed by atoms with van der Waals surface area (Å²) in [5, 5.41) is 4.84. The molecule has 1 heterocycles. The molecule has 1 unspecified atom stereocenters. The Labute approximate surface area is 132 Å². The van der Waals surface area contributed by atoms with Crippen molar-refractivity contribution in [3.05, 3.63) is 15.6 Å². The smallest absolute Gasteiger partial charge is 0.125 e. The maximum atomic E-state index is 6.01. The Balaban J connectivity index is 1.89. The number of hydrogen-bond donors (Lipinski definition) is 1. The van der Waals surface area contributed by atoms with Gasteiger partial charge in [0.2, 0.25) is 0 Å². The topological polar surface area (TPSA) is 34.1 Å². The van der Waals surface area contributed by atoms with Gasteiger partial charge in [-0.2, -0.15) is 0 Å². The van der Waals surface area contributed by atoms with E-state index in [9.17, 15) is 0 Å². The van der Waals surface area contributed by atoms with Crippen LogP contribution in [0.15, 0.2) is 0 Å². The number of aryl methyl sites for hydroxylation is 1. The first kappa shape index (κ1) is 15.4. The number of aromatic nitrogens is 1. The SMILES string of the molecule is CCNC1CCCc2sc(C3(OC)CCC(C)CC3)nc21. The van der Waals surface area contributed by atoms with Crippen molar-refractivity contribution in [2.24, 2.45) is 5.92 Å². The summed E-state index contributed by atoms with van der Waals surface area (Å²) in [6.45, 7) is 5.55. The van der Waals surface area contributed by atoms with E-state index in [1.807, 2.05) is 18.4 Å². The van der Waals surface area contributed by atoms with Crippen LogP contribution in [0.3, 0.4) is 0 Å². The molecule has 118 valence electrons. The fourth-order valence-electron chi connectivity index (χ4n) is 3.79. The van der Waals surface area contributed by atoms with Gasteiger partial charge in [-0.3, -0.25) is 0 Å². The van der Waals surface area contributed by atoms with Crippen molar-refractivity contribution >= 4 is 11.3 Å². The quantitative estimate of drug-likeness (QED) is 0.906. The minimum absolute atomic E-state index is 0.106. The molecule has 4 heteroatoms. The summed E-state index contributed by atoms with van der Waals surface area (Å²) in [5.41, 5.74) is 1.21. The third kappa shape index (κ3) is 2.90. The molecule has 0 spiro atoms. The molecular weight excluding hydrogens is 280 g/mol. The third-order valence-electron chi connectivity index (χ3n) is 5.27. The van der Waals surface area contributed by atoms with Crippen LogP contribution in [0.4, 0.5) is 0 Å². The Kier molecular flexibility index (Phi) is 4.67. The Bertz CT molecular complexity index is 477. The second-order valence-electron chi connectivity index (χ2n) is 6.71. The van der Waals surface area contributed by atoms with Crippen LogP contribution >= 0.6 is 11.3 Å². The number of ether oxygens (including phenoxy) is 1. The molecule has 21 heavy (non-hydrogen) atoms. The third-order valence-corrected chi connectivity index (χ3v) is 6.58. The van der Waals surface area contributed by atoms with Crippen LogP contribution in [0.1, 0.15) is 74.0 Å². The van der Waals surface area contributed by atoms with Gasteiger partial charge in [0.15, 0.2) is 0 Å². The van der Waals surface area contributed by atoms with Crippen LogP contribution in [-0.4, -0.2) is 18.6 Å². The number of rotatable bonds is 4. The summed E-state index contributed by atoms with van der Waals surface area (Å²) in [7, 11) is 1.87. The highest BCUT2D eigenvalue weighted by atomic mass is 32.1. The summed E-state index contributed by atoms with van der Waals surface area (Å²) in [4.78, 5) is 6.57. The van der Waals surface area contributed by atoms with Gasteiger partial charge >= 0.3 is 0 Å². The highest BCUT2D eigenvalue weighted by Crippen LogP contribution is 2.45. The Hall–Kier alpha value is -0.450. The zero-order valence-corrected chi connectivity index (χ0v) is 14.4. The molecule has 0 bridgehead atoms. The summed E-state index contributed by atoms with van der Waals surface area (Å²) in [6.07, 6.45) is 8.48. The Morgan fingerprint density at radius 2 is 2.10 bits per heavy atom. The largest absolute Gasteiger partial charge is 0.371 e. The van der Waals surface area contributed by atoms with Crippen molar-refractivity contribution in [2.45, 2.75) is 70.4 Å². The molecule has 1 N–H and O–H groups in total. The predicted octanol–water partition coefficient (Wildman–Crippen LogP) is 4.18. The number of thiazole rings is 1. The number of methoxy groups -OCH3 is 1. The highest BCUT2D eigenvalue weighted by Gasteiger charge is 2.40. The maximum absolute atomic E-state index is 6.01. The average Bonchev–Trinajstić information content (AvgIpc) is 2.94. The molecule has 0 aliphatic heterocycles. The molecule has 1 aromatic heterocycles. The number of hydrogen-bond acceptors (Lipinski definition) is 4. The second kappa shape index (κ2) is 6.35. The van der Waals surface area contributed by atoms with E-state index in [1.54, 1.807) is 0 Å². The van der Waals surface area contributed by atoms with Crippen LogP contribution in [0.25, 0.3) is 0 Å². The van der Waals surface area contributed by atoms with Gasteiger partial charge in [-0.25, -0.2) is 4.98 Å². The zero-order valence-electron chi connectivity index (χ0n) is 13.6. The molecule has 3 nitrogen and oxygen atoms in total. The van der Waals surface area contributed by atoms with E-state index in [0.717, 1.165) is 25.3 Å². The zero-order chi connectivity index (χ0) is 14.9. The molecule has 2 aliphatic carbocycles. The van der Waals surface area contributed by atoms with Gasteiger partial charge in [0.05, 0.1) is 11.7 Å². The molecule has 1 fully saturated rings. The van der Waals surface area contributed by atoms with Crippen molar-refractivity contribution < 1.29 is 4.74 Å². The van der Waals surface area contributed by atoms with E-state index in [4.69, 9.17) is 9.72 Å². The number of nitrogens with one attached hydrogen (secondary N) is 1. The predicted molar refractivity (Wildman–Crippen MR) is 87.8 cm³/mol. The van der Waals surface area contributed by atoms with Crippen LogP contribution in [0.5, 0.6) is 0 Å². The van der Waals surface area contributed by atoms with Crippen molar-refractivity contribution in [3.8, 4) is 0 Å². The Morgan fingerprint density at radius 3 is 2.76 bits per heavy atom. The van der Waals surface area contributed by atoms with Crippen molar-refractivity contribution in [2.75, 3.05) is 13.7 Å². The minimum atomic E-state index is -0.106. The first-order valence-electron chi connectivity index (χ1n) is 8.47. The van der Waals surface area contributed by atoms with E-state index in [1.165, 1.54) is 47.7 Å². The Morgan fingerprint density at radius 1 is 1.33 bits per heavy atom. The number of fused-ring (bicyclic) bond motifs is 1. The van der Waals surface area contributed by atoms with Crippen LogP contribution < -0.4 is 5.32 Å². The standard InChI is InChI=1S/C17H28N2OS/c1-4-18-13-6-5-7-14-15(13)19-16(21-14)17(20-3)10-8-12(2)9-11-17/h12-13,18H,4-11H2,1-3H3. The fraction of sp³-hybridized carbons (Fsp3) is 0.824. The molecule has 3 rings (SSSR count). The molecule has 0 amide bonds. The number of nitrogens with zero attached hydrogens (tertiary/aromatic N) is 1. The first-order chi connectivity index (χ1) is 10.2. The molecule has 0 aromatic carbocycles. The van der Waals surface area contributed by atoms with E-state index >= 15 is 0 Å². The van der Waals surface area contributed by atoms with Crippen molar-refractivity contribution in [1.82, 2.24) is 10.3 Å². The lowest BCUT2D eigenvalue weighted by Crippen LogP contribution is -2.33. The second-order valence-corrected chi connectivity index (χ2v) is 7.79. The van der Waals surface area contributed by atoms with Gasteiger partial charge in [-0.05, 0) is 57.4 Å². The van der Waals surface area contributed by atoms with Crippen LogP contribution in [0.2, 0.25) is 0 Å². The van der Waals surface area contributed by atoms with Crippen LogP contribution in [0, 0.1) is 5.92 Å². The molecular formula is C17H28N2OS. The average molecular weight is 308 g/mol. The van der Waals surface area contributed by atoms with E-state index < -0.39 is 0 Å². The van der Waals surface area contributed by atoms with E-state index in [0.29, 0.717) is 6.04 Å². The normalized spacial score (nSPS) is 32.9. The van der Waals surface area contributed by atoms with E-state index in [-0.39, 0.29) is 5.60 Å². The highest BCUT2D eigenvalue weighted by molar-refractivity contribution is 7.11. The van der Waals surface area contributed by atoms with Gasteiger partial charge in [-0.15, -0.1) is 11.3 Å². The lowest BCUT2D eigenvalue weighted by molar-refractivity contribution is -0.0532. The molecule has 1 saturated carbocycles.